The van der Waals surface area contributed by atoms with Crippen LogP contribution in [0, 0.1) is 0 Å². The molecule has 0 amide bonds. The Morgan fingerprint density at radius 2 is 0.710 bits per heavy atom. The van der Waals surface area contributed by atoms with Gasteiger partial charge in [0.2, 0.25) is 0 Å². The highest BCUT2D eigenvalue weighted by molar-refractivity contribution is 6.20. The number of hydrogen-bond donors (Lipinski definition) is 0. The smallest absolute Gasteiger partial charge is 0.526 e. The number of benzene rings is 4. The standard InChI is InChI=1S/C24H18BN4O2/c1-3-7-19(8-4-1)26-28-21-11-15-23(16-12-21)30-25-31-24-17-13-22(14-18-24)29-27-20-9-5-2-6-10-20/h1-18H. The first-order chi connectivity index (χ1) is 15.3. The zero-order chi connectivity index (χ0) is 21.1. The second kappa shape index (κ2) is 10.5. The second-order valence-electron chi connectivity index (χ2n) is 6.39. The fraction of sp³-hybridized carbons (Fsp3) is 0. The van der Waals surface area contributed by atoms with Crippen molar-refractivity contribution in [2.45, 2.75) is 0 Å². The number of nitrogens with zero attached hydrogens (tertiary/aromatic N) is 4. The molecule has 7 heteroatoms. The average molecular weight is 405 g/mol. The van der Waals surface area contributed by atoms with Crippen LogP contribution >= 0.6 is 0 Å². The third kappa shape index (κ3) is 6.37. The van der Waals surface area contributed by atoms with Crippen LogP contribution in [0.2, 0.25) is 0 Å². The topological polar surface area (TPSA) is 67.9 Å². The Morgan fingerprint density at radius 1 is 0.387 bits per heavy atom. The highest BCUT2D eigenvalue weighted by Gasteiger charge is 2.02. The predicted molar refractivity (Wildman–Crippen MR) is 121 cm³/mol. The minimum atomic E-state index is 0.631. The van der Waals surface area contributed by atoms with Crippen molar-refractivity contribution in [1.29, 1.82) is 0 Å². The molecule has 0 aromatic heterocycles. The van der Waals surface area contributed by atoms with Crippen LogP contribution in [0.1, 0.15) is 0 Å². The molecule has 0 aliphatic heterocycles. The fourth-order valence-electron chi connectivity index (χ4n) is 2.54. The van der Waals surface area contributed by atoms with Gasteiger partial charge in [-0.25, -0.2) is 0 Å². The Kier molecular flexibility index (Phi) is 6.79. The van der Waals surface area contributed by atoms with Crippen molar-refractivity contribution in [3.8, 4) is 11.5 Å². The maximum Gasteiger partial charge on any atom is 0.658 e. The summed E-state index contributed by atoms with van der Waals surface area (Å²) in [6.45, 7) is 0. The summed E-state index contributed by atoms with van der Waals surface area (Å²) >= 11 is 0. The lowest BCUT2D eigenvalue weighted by molar-refractivity contribution is 0.459. The van der Waals surface area contributed by atoms with Gasteiger partial charge < -0.3 is 9.31 Å². The molecule has 0 fully saturated rings. The maximum atomic E-state index is 5.50. The Morgan fingerprint density at radius 3 is 1.06 bits per heavy atom. The highest BCUT2D eigenvalue weighted by Crippen LogP contribution is 2.23. The molecule has 4 aromatic carbocycles. The summed E-state index contributed by atoms with van der Waals surface area (Å²) in [5.41, 5.74) is 3.07. The lowest BCUT2D eigenvalue weighted by atomic mass is 10.2. The van der Waals surface area contributed by atoms with E-state index >= 15 is 0 Å². The molecular weight excluding hydrogens is 387 g/mol. The lowest BCUT2D eigenvalue weighted by Gasteiger charge is -2.06. The van der Waals surface area contributed by atoms with Crippen molar-refractivity contribution in [2.75, 3.05) is 0 Å². The third-order valence-electron chi connectivity index (χ3n) is 4.12. The van der Waals surface area contributed by atoms with Crippen molar-refractivity contribution in [2.24, 2.45) is 20.5 Å². The van der Waals surface area contributed by atoms with Gasteiger partial charge in [-0.05, 0) is 72.8 Å². The van der Waals surface area contributed by atoms with Gasteiger partial charge in [0.05, 0.1) is 22.7 Å². The predicted octanol–water partition coefficient (Wildman–Crippen LogP) is 7.51. The Hall–Kier alpha value is -4.26. The van der Waals surface area contributed by atoms with Crippen LogP contribution in [-0.4, -0.2) is 7.69 Å². The lowest BCUT2D eigenvalue weighted by Crippen LogP contribution is -2.10. The van der Waals surface area contributed by atoms with E-state index in [1.807, 2.05) is 84.9 Å². The molecule has 0 saturated heterocycles. The van der Waals surface area contributed by atoms with E-state index in [-0.39, 0.29) is 0 Å². The summed E-state index contributed by atoms with van der Waals surface area (Å²) in [6, 6.07) is 33.6. The van der Waals surface area contributed by atoms with E-state index in [9.17, 15) is 0 Å². The molecule has 4 aromatic rings. The van der Waals surface area contributed by atoms with E-state index in [4.69, 9.17) is 9.31 Å². The summed E-state index contributed by atoms with van der Waals surface area (Å²) < 4.78 is 11.0. The number of azo groups is 2. The maximum absolute atomic E-state index is 5.50. The fourth-order valence-corrected chi connectivity index (χ4v) is 2.54. The zero-order valence-electron chi connectivity index (χ0n) is 16.6. The molecular formula is C24H18BN4O2. The number of hydrogen-bond acceptors (Lipinski definition) is 6. The van der Waals surface area contributed by atoms with Gasteiger partial charge in [-0.15, -0.1) is 0 Å². The van der Waals surface area contributed by atoms with Crippen LogP contribution in [0.5, 0.6) is 11.5 Å². The van der Waals surface area contributed by atoms with Gasteiger partial charge in [0.15, 0.2) is 0 Å². The van der Waals surface area contributed by atoms with Crippen LogP contribution in [0.3, 0.4) is 0 Å². The van der Waals surface area contributed by atoms with E-state index in [0.29, 0.717) is 11.5 Å². The van der Waals surface area contributed by atoms with Gasteiger partial charge >= 0.3 is 7.69 Å². The van der Waals surface area contributed by atoms with Crippen LogP contribution in [-0.2, 0) is 0 Å². The van der Waals surface area contributed by atoms with Crippen LogP contribution in [0.15, 0.2) is 130 Å². The zero-order valence-corrected chi connectivity index (χ0v) is 16.6. The molecule has 31 heavy (non-hydrogen) atoms. The van der Waals surface area contributed by atoms with Gasteiger partial charge in [0, 0.05) is 0 Å². The van der Waals surface area contributed by atoms with Crippen LogP contribution in [0.4, 0.5) is 22.7 Å². The summed E-state index contributed by atoms with van der Waals surface area (Å²) in [5.74, 6) is 1.26. The molecule has 0 N–H and O–H groups in total. The second-order valence-corrected chi connectivity index (χ2v) is 6.39. The first-order valence-electron chi connectivity index (χ1n) is 9.64. The van der Waals surface area contributed by atoms with Gasteiger partial charge in [-0.3, -0.25) is 0 Å². The average Bonchev–Trinajstić information content (AvgIpc) is 2.84. The van der Waals surface area contributed by atoms with Gasteiger partial charge in [0.1, 0.15) is 11.5 Å². The monoisotopic (exact) mass is 405 g/mol. The Balaban J connectivity index is 1.24. The summed E-state index contributed by atoms with van der Waals surface area (Å²) in [7, 11) is 1.28. The first-order valence-corrected chi connectivity index (χ1v) is 9.64. The molecule has 0 aliphatic carbocycles. The molecule has 0 heterocycles. The molecule has 149 valence electrons. The van der Waals surface area contributed by atoms with Crippen LogP contribution < -0.4 is 9.31 Å². The molecule has 0 bridgehead atoms. The van der Waals surface area contributed by atoms with Crippen molar-refractivity contribution < 1.29 is 9.31 Å². The SMILES string of the molecule is [B](Oc1ccc(N=Nc2ccccc2)cc1)Oc1ccc(N=Nc2ccccc2)cc1. The Bertz CT molecular complexity index is 1040. The van der Waals surface area contributed by atoms with Crippen molar-refractivity contribution in [3.63, 3.8) is 0 Å². The third-order valence-corrected chi connectivity index (χ3v) is 4.12. The van der Waals surface area contributed by atoms with E-state index < -0.39 is 0 Å². The molecule has 0 unspecified atom stereocenters. The molecule has 0 aliphatic rings. The van der Waals surface area contributed by atoms with E-state index in [1.165, 1.54) is 7.69 Å². The first kappa shape index (κ1) is 20.0. The highest BCUT2D eigenvalue weighted by atomic mass is 16.6. The Labute approximate surface area is 181 Å². The van der Waals surface area contributed by atoms with Crippen molar-refractivity contribution in [1.82, 2.24) is 0 Å². The minimum Gasteiger partial charge on any atom is -0.526 e. The van der Waals surface area contributed by atoms with Crippen molar-refractivity contribution >= 4 is 30.4 Å². The summed E-state index contributed by atoms with van der Waals surface area (Å²) in [5, 5.41) is 16.8. The molecule has 6 nitrogen and oxygen atoms in total. The molecule has 0 atom stereocenters. The van der Waals surface area contributed by atoms with E-state index in [1.54, 1.807) is 24.3 Å². The van der Waals surface area contributed by atoms with Gasteiger partial charge in [-0.1, -0.05) is 36.4 Å². The van der Waals surface area contributed by atoms with Gasteiger partial charge in [0.25, 0.3) is 0 Å². The quantitative estimate of drug-likeness (QED) is 0.225. The largest absolute Gasteiger partial charge is 0.658 e. The summed E-state index contributed by atoms with van der Waals surface area (Å²) in [6.07, 6.45) is 0. The minimum absolute atomic E-state index is 0.631. The molecule has 0 spiro atoms. The van der Waals surface area contributed by atoms with E-state index in [2.05, 4.69) is 20.5 Å². The molecule has 1 radical (unpaired) electrons. The van der Waals surface area contributed by atoms with Crippen LogP contribution in [0.25, 0.3) is 0 Å². The van der Waals surface area contributed by atoms with Crippen molar-refractivity contribution in [3.05, 3.63) is 109 Å². The molecule has 4 rings (SSSR count). The normalized spacial score (nSPS) is 11.0. The number of rotatable bonds is 8. The van der Waals surface area contributed by atoms with Gasteiger partial charge in [-0.2, -0.15) is 20.5 Å². The summed E-state index contributed by atoms with van der Waals surface area (Å²) in [4.78, 5) is 0. The van der Waals surface area contributed by atoms with E-state index in [0.717, 1.165) is 22.7 Å². The molecule has 0 saturated carbocycles.